The predicted molar refractivity (Wildman–Crippen MR) is 72.3 cm³/mol. The molecule has 0 spiro atoms. The number of rotatable bonds is 2. The molecule has 0 atom stereocenters. The van der Waals surface area contributed by atoms with Crippen LogP contribution in [-0.2, 0) is 0 Å². The zero-order chi connectivity index (χ0) is 12.4. The van der Waals surface area contributed by atoms with Gasteiger partial charge in [0, 0.05) is 22.0 Å². The number of amides is 1. The fraction of sp³-hybridized carbons (Fsp3) is 0. The first-order valence-electron chi connectivity index (χ1n) is 4.76. The van der Waals surface area contributed by atoms with E-state index < -0.39 is 0 Å². The molecule has 4 nitrogen and oxygen atoms in total. The Balaban J connectivity index is 2.15. The lowest BCUT2D eigenvalue weighted by atomic mass is 10.3. The van der Waals surface area contributed by atoms with E-state index in [1.54, 1.807) is 30.5 Å². The van der Waals surface area contributed by atoms with Gasteiger partial charge in [0.1, 0.15) is 5.69 Å². The number of aromatic nitrogens is 1. The number of benzene rings is 1. The molecule has 0 saturated heterocycles. The molecule has 0 saturated carbocycles. The second-order valence-electron chi connectivity index (χ2n) is 3.43. The number of nitrogens with two attached hydrogens (primary N) is 1. The molecule has 88 valence electrons. The van der Waals surface area contributed by atoms with Gasteiger partial charge in [0.2, 0.25) is 0 Å². The fourth-order valence-corrected chi connectivity index (χ4v) is 1.74. The Morgan fingerprint density at radius 1 is 1.41 bits per heavy atom. The first-order chi connectivity index (χ1) is 8.06. The maximum Gasteiger partial charge on any atom is 0.272 e. The highest BCUT2D eigenvalue weighted by atomic mass is 79.9. The van der Waals surface area contributed by atoms with Gasteiger partial charge in [-0.1, -0.05) is 11.6 Å². The van der Waals surface area contributed by atoms with Crippen LogP contribution in [0, 0.1) is 0 Å². The molecule has 0 unspecified atom stereocenters. The van der Waals surface area contributed by atoms with Crippen LogP contribution in [0.3, 0.4) is 0 Å². The molecular formula is C11H9BrClN3O. The summed E-state index contributed by atoms with van der Waals surface area (Å²) in [6, 6.07) is 6.74. The zero-order valence-corrected chi connectivity index (χ0v) is 11.0. The van der Waals surface area contributed by atoms with Gasteiger partial charge in [-0.05, 0) is 40.2 Å². The van der Waals surface area contributed by atoms with Crippen LogP contribution in [0.15, 0.2) is 34.9 Å². The average molecular weight is 315 g/mol. The van der Waals surface area contributed by atoms with E-state index in [1.807, 2.05) is 0 Å². The van der Waals surface area contributed by atoms with Crippen LogP contribution in [0.1, 0.15) is 10.5 Å². The van der Waals surface area contributed by atoms with E-state index in [4.69, 9.17) is 17.3 Å². The van der Waals surface area contributed by atoms with Crippen LogP contribution in [0.25, 0.3) is 0 Å². The maximum absolute atomic E-state index is 11.8. The predicted octanol–water partition coefficient (Wildman–Crippen LogP) is 3.27. The Kier molecular flexibility index (Phi) is 3.40. The highest BCUT2D eigenvalue weighted by Crippen LogP contribution is 2.25. The number of nitrogen functional groups attached to an aromatic ring is 1. The molecule has 0 bridgehead atoms. The van der Waals surface area contributed by atoms with Crippen LogP contribution in [0.4, 0.5) is 11.4 Å². The second-order valence-corrected chi connectivity index (χ2v) is 4.69. The number of hydrogen-bond donors (Lipinski definition) is 3. The second kappa shape index (κ2) is 4.81. The topological polar surface area (TPSA) is 70.9 Å². The van der Waals surface area contributed by atoms with Gasteiger partial charge in [0.15, 0.2) is 0 Å². The number of carbonyl (C=O) groups excluding carboxylic acids is 1. The lowest BCUT2D eigenvalue weighted by Gasteiger charge is -2.04. The Labute approximate surface area is 111 Å². The van der Waals surface area contributed by atoms with Crippen molar-refractivity contribution < 1.29 is 4.79 Å². The van der Waals surface area contributed by atoms with E-state index >= 15 is 0 Å². The third kappa shape index (κ3) is 2.81. The van der Waals surface area contributed by atoms with Crippen molar-refractivity contribution in [3.05, 3.63) is 45.7 Å². The summed E-state index contributed by atoms with van der Waals surface area (Å²) in [4.78, 5) is 14.5. The van der Waals surface area contributed by atoms with Crippen molar-refractivity contribution in [3.63, 3.8) is 0 Å². The number of halogens is 2. The van der Waals surface area contributed by atoms with E-state index in [-0.39, 0.29) is 5.91 Å². The highest BCUT2D eigenvalue weighted by molar-refractivity contribution is 9.10. The van der Waals surface area contributed by atoms with Crippen molar-refractivity contribution in [1.29, 1.82) is 0 Å². The van der Waals surface area contributed by atoms with E-state index in [0.29, 0.717) is 22.1 Å². The average Bonchev–Trinajstić information content (AvgIpc) is 2.70. The number of nitrogens with one attached hydrogen (secondary N) is 2. The van der Waals surface area contributed by atoms with Gasteiger partial charge < -0.3 is 16.0 Å². The van der Waals surface area contributed by atoms with Crippen molar-refractivity contribution in [2.45, 2.75) is 0 Å². The van der Waals surface area contributed by atoms with E-state index in [0.717, 1.165) is 4.47 Å². The Bertz CT molecular complexity index is 568. The molecule has 1 aromatic heterocycles. The molecule has 4 N–H and O–H groups in total. The van der Waals surface area contributed by atoms with Gasteiger partial charge >= 0.3 is 0 Å². The Morgan fingerprint density at radius 3 is 2.76 bits per heavy atom. The molecule has 0 aliphatic heterocycles. The molecule has 1 heterocycles. The number of anilines is 2. The van der Waals surface area contributed by atoms with E-state index in [9.17, 15) is 4.79 Å². The molecule has 1 amide bonds. The summed E-state index contributed by atoms with van der Waals surface area (Å²) in [5.74, 6) is -0.264. The van der Waals surface area contributed by atoms with Crippen LogP contribution in [0.5, 0.6) is 0 Å². The third-order valence-corrected chi connectivity index (χ3v) is 3.36. The molecule has 1 aromatic carbocycles. The Morgan fingerprint density at radius 2 is 2.18 bits per heavy atom. The normalized spacial score (nSPS) is 10.2. The first-order valence-corrected chi connectivity index (χ1v) is 5.93. The summed E-state index contributed by atoms with van der Waals surface area (Å²) in [5, 5.41) is 3.24. The third-order valence-electron chi connectivity index (χ3n) is 2.13. The van der Waals surface area contributed by atoms with Crippen molar-refractivity contribution in [3.8, 4) is 0 Å². The molecule has 0 aliphatic carbocycles. The summed E-state index contributed by atoms with van der Waals surface area (Å²) >= 11 is 9.20. The quantitative estimate of drug-likeness (QED) is 0.796. The Hall–Kier alpha value is -1.46. The smallest absolute Gasteiger partial charge is 0.272 e. The monoisotopic (exact) mass is 313 g/mol. The molecule has 0 aliphatic rings. The lowest BCUT2D eigenvalue weighted by molar-refractivity contribution is 0.102. The molecule has 6 heteroatoms. The van der Waals surface area contributed by atoms with Crippen molar-refractivity contribution in [2.75, 3.05) is 11.1 Å². The molecule has 2 rings (SSSR count). The van der Waals surface area contributed by atoms with E-state index in [2.05, 4.69) is 26.2 Å². The fourth-order valence-electron chi connectivity index (χ4n) is 1.31. The van der Waals surface area contributed by atoms with Crippen molar-refractivity contribution in [1.82, 2.24) is 4.98 Å². The number of H-pyrrole nitrogens is 1. The van der Waals surface area contributed by atoms with E-state index in [1.165, 1.54) is 0 Å². The van der Waals surface area contributed by atoms with Gasteiger partial charge in [-0.25, -0.2) is 0 Å². The molecule has 17 heavy (non-hydrogen) atoms. The number of aromatic amines is 1. The maximum atomic E-state index is 11.8. The molecule has 0 fully saturated rings. The van der Waals surface area contributed by atoms with Crippen molar-refractivity contribution in [2.24, 2.45) is 0 Å². The van der Waals surface area contributed by atoms with Gasteiger partial charge in [0.05, 0.1) is 5.02 Å². The van der Waals surface area contributed by atoms with Crippen LogP contribution in [-0.4, -0.2) is 10.9 Å². The minimum absolute atomic E-state index is 0.264. The highest BCUT2D eigenvalue weighted by Gasteiger charge is 2.08. The van der Waals surface area contributed by atoms with Crippen molar-refractivity contribution >= 4 is 44.8 Å². The van der Waals surface area contributed by atoms with Gasteiger partial charge in [0.25, 0.3) is 5.91 Å². The van der Waals surface area contributed by atoms with Gasteiger partial charge in [-0.15, -0.1) is 0 Å². The summed E-state index contributed by atoms with van der Waals surface area (Å²) in [5.41, 5.74) is 7.06. The van der Waals surface area contributed by atoms with Gasteiger partial charge in [-0.3, -0.25) is 4.79 Å². The summed E-state index contributed by atoms with van der Waals surface area (Å²) in [7, 11) is 0. The number of carbonyl (C=O) groups is 1. The largest absolute Gasteiger partial charge is 0.397 e. The molecule has 0 radical (unpaired) electrons. The van der Waals surface area contributed by atoms with Gasteiger partial charge in [-0.2, -0.15) is 0 Å². The van der Waals surface area contributed by atoms with Crippen LogP contribution in [0.2, 0.25) is 5.02 Å². The van der Waals surface area contributed by atoms with Crippen LogP contribution < -0.4 is 11.1 Å². The molecule has 2 aromatic rings. The first kappa shape index (κ1) is 12.0. The summed E-state index contributed by atoms with van der Waals surface area (Å²) in [6.45, 7) is 0. The minimum Gasteiger partial charge on any atom is -0.397 e. The standard InChI is InChI=1S/C11H9BrClN3O/c12-8-2-1-7(4-9(8)13)16-11(17)10-3-6(14)5-15-10/h1-5,15H,14H2,(H,16,17). The van der Waals surface area contributed by atoms with Crippen LogP contribution >= 0.6 is 27.5 Å². The SMILES string of the molecule is Nc1c[nH]c(C(=O)Nc2ccc(Br)c(Cl)c2)c1. The minimum atomic E-state index is -0.264. The zero-order valence-electron chi connectivity index (χ0n) is 8.63. The number of hydrogen-bond acceptors (Lipinski definition) is 2. The summed E-state index contributed by atoms with van der Waals surface area (Å²) in [6.07, 6.45) is 1.56. The molecular weight excluding hydrogens is 305 g/mol. The summed E-state index contributed by atoms with van der Waals surface area (Å²) < 4.78 is 0.779. The lowest BCUT2D eigenvalue weighted by Crippen LogP contribution is -2.12.